The van der Waals surface area contributed by atoms with E-state index in [9.17, 15) is 31.5 Å². The third-order valence-corrected chi connectivity index (χ3v) is 7.93. The lowest BCUT2D eigenvalue weighted by Crippen LogP contribution is -2.58. The Morgan fingerprint density at radius 2 is 1.88 bits per heavy atom. The molecule has 0 amide bonds. The minimum Gasteiger partial charge on any atom is -0.480 e. The van der Waals surface area contributed by atoms with Gasteiger partial charge in [-0.3, -0.25) is 4.79 Å². The Bertz CT molecular complexity index is 1280. The quantitative estimate of drug-likeness (QED) is 0.536. The maximum absolute atomic E-state index is 13.0. The van der Waals surface area contributed by atoms with Crippen LogP contribution in [0.25, 0.3) is 10.3 Å². The van der Waals surface area contributed by atoms with Crippen LogP contribution in [0.15, 0.2) is 35.4 Å². The van der Waals surface area contributed by atoms with Gasteiger partial charge >= 0.3 is 12.1 Å². The number of aromatic nitrogens is 3. The first kappa shape index (κ1) is 22.6. The van der Waals surface area contributed by atoms with Crippen molar-refractivity contribution in [3.63, 3.8) is 0 Å². The fraction of sp³-hybridized carbons (Fsp3) is 0.294. The summed E-state index contributed by atoms with van der Waals surface area (Å²) in [6, 6.07) is 1.45. The SMILES string of the molecule is O=C(O)[C@H]1CN(c2nc3nc(Cl)ncc3s2)CCN1S(=O)(=O)c1ccc(C(F)(F)F)cc1. The number of carboxylic acid groups (broad SMARTS) is 1. The average Bonchev–Trinajstić information content (AvgIpc) is 3.16. The number of alkyl halides is 3. The van der Waals surface area contributed by atoms with E-state index in [0.717, 1.165) is 16.4 Å². The van der Waals surface area contributed by atoms with Gasteiger partial charge in [0.1, 0.15) is 6.04 Å². The van der Waals surface area contributed by atoms with Gasteiger partial charge in [0.25, 0.3) is 0 Å². The van der Waals surface area contributed by atoms with Crippen LogP contribution >= 0.6 is 22.9 Å². The molecule has 0 radical (unpaired) electrons. The number of aliphatic carboxylic acids is 1. The maximum Gasteiger partial charge on any atom is 0.416 e. The molecule has 0 bridgehead atoms. The van der Waals surface area contributed by atoms with Crippen molar-refractivity contribution in [3.8, 4) is 0 Å². The Morgan fingerprint density at radius 1 is 1.19 bits per heavy atom. The number of halogens is 4. The fourth-order valence-electron chi connectivity index (χ4n) is 3.22. The van der Waals surface area contributed by atoms with E-state index < -0.39 is 38.7 Å². The minimum atomic E-state index is -4.62. The number of nitrogens with zero attached hydrogens (tertiary/aromatic N) is 5. The van der Waals surface area contributed by atoms with Crippen molar-refractivity contribution in [2.45, 2.75) is 17.1 Å². The lowest BCUT2D eigenvalue weighted by molar-refractivity contribution is -0.141. The third kappa shape index (κ3) is 4.22. The second-order valence-corrected chi connectivity index (χ2v) is 10.00. The van der Waals surface area contributed by atoms with Gasteiger partial charge in [0, 0.05) is 19.6 Å². The number of carbonyl (C=O) groups is 1. The Labute approximate surface area is 188 Å². The van der Waals surface area contributed by atoms with E-state index >= 15 is 0 Å². The summed E-state index contributed by atoms with van der Waals surface area (Å²) in [6.07, 6.45) is -3.14. The third-order valence-electron chi connectivity index (χ3n) is 4.78. The Balaban J connectivity index is 1.61. The van der Waals surface area contributed by atoms with Crippen molar-refractivity contribution in [2.75, 3.05) is 24.5 Å². The Hall–Kier alpha value is -2.55. The van der Waals surface area contributed by atoms with Crippen molar-refractivity contribution < 1.29 is 31.5 Å². The van der Waals surface area contributed by atoms with Crippen LogP contribution < -0.4 is 4.90 Å². The number of rotatable bonds is 4. The number of thiazole rings is 1. The van der Waals surface area contributed by atoms with E-state index in [1.54, 1.807) is 4.90 Å². The first-order valence-electron chi connectivity index (χ1n) is 8.93. The van der Waals surface area contributed by atoms with Crippen molar-refractivity contribution in [1.29, 1.82) is 0 Å². The topological polar surface area (TPSA) is 117 Å². The molecule has 0 unspecified atom stereocenters. The zero-order valence-electron chi connectivity index (χ0n) is 15.8. The number of fused-ring (bicyclic) bond motifs is 1. The van der Waals surface area contributed by atoms with E-state index in [1.807, 2.05) is 0 Å². The van der Waals surface area contributed by atoms with Crippen LogP contribution in [0.4, 0.5) is 18.3 Å². The van der Waals surface area contributed by atoms with E-state index in [-0.39, 0.29) is 24.9 Å². The highest BCUT2D eigenvalue weighted by atomic mass is 35.5. The summed E-state index contributed by atoms with van der Waals surface area (Å²) < 4.78 is 65.7. The maximum atomic E-state index is 13.0. The summed E-state index contributed by atoms with van der Waals surface area (Å²) in [7, 11) is -4.35. The van der Waals surface area contributed by atoms with Crippen LogP contribution in [-0.4, -0.2) is 64.4 Å². The zero-order chi connectivity index (χ0) is 23.3. The molecule has 1 N–H and O–H groups in total. The van der Waals surface area contributed by atoms with E-state index in [2.05, 4.69) is 15.0 Å². The summed E-state index contributed by atoms with van der Waals surface area (Å²) >= 11 is 6.95. The first-order valence-corrected chi connectivity index (χ1v) is 11.6. The monoisotopic (exact) mass is 507 g/mol. The highest BCUT2D eigenvalue weighted by Gasteiger charge is 2.41. The number of benzene rings is 1. The number of hydrogen-bond acceptors (Lipinski definition) is 8. The van der Waals surface area contributed by atoms with Crippen LogP contribution in [-0.2, 0) is 21.0 Å². The molecule has 1 aliphatic rings. The molecular formula is C17H13ClF3N5O4S2. The van der Waals surface area contributed by atoms with Gasteiger partial charge in [-0.15, -0.1) is 0 Å². The minimum absolute atomic E-state index is 0.00483. The molecule has 1 atom stereocenters. The molecule has 4 rings (SSSR count). The van der Waals surface area contributed by atoms with E-state index in [1.165, 1.54) is 17.5 Å². The number of carboxylic acids is 1. The second kappa shape index (κ2) is 8.10. The molecular weight excluding hydrogens is 495 g/mol. The number of hydrogen-bond donors (Lipinski definition) is 1. The molecule has 15 heteroatoms. The molecule has 0 aliphatic carbocycles. The van der Waals surface area contributed by atoms with Crippen LogP contribution in [0.1, 0.15) is 5.56 Å². The molecule has 2 aromatic heterocycles. The van der Waals surface area contributed by atoms with Crippen molar-refractivity contribution in [2.24, 2.45) is 0 Å². The molecule has 32 heavy (non-hydrogen) atoms. The van der Waals surface area contributed by atoms with Gasteiger partial charge in [0.15, 0.2) is 10.8 Å². The predicted octanol–water partition coefficient (Wildman–Crippen LogP) is 2.72. The summed E-state index contributed by atoms with van der Waals surface area (Å²) in [5, 5.41) is 10.1. The van der Waals surface area contributed by atoms with Gasteiger partial charge in [-0.25, -0.2) is 13.4 Å². The van der Waals surface area contributed by atoms with Gasteiger partial charge in [-0.1, -0.05) is 11.3 Å². The number of piperazine rings is 1. The van der Waals surface area contributed by atoms with Crippen LogP contribution in [0.5, 0.6) is 0 Å². The fourth-order valence-corrected chi connectivity index (χ4v) is 5.83. The summed E-state index contributed by atoms with van der Waals surface area (Å²) in [6.45, 7) is -0.302. The summed E-state index contributed by atoms with van der Waals surface area (Å²) in [4.78, 5) is 25.2. The van der Waals surface area contributed by atoms with Gasteiger partial charge in [0.05, 0.1) is 21.4 Å². The zero-order valence-corrected chi connectivity index (χ0v) is 18.2. The average molecular weight is 508 g/mol. The van der Waals surface area contributed by atoms with E-state index in [4.69, 9.17) is 11.6 Å². The van der Waals surface area contributed by atoms with Crippen LogP contribution in [0.3, 0.4) is 0 Å². The molecule has 3 aromatic rings. The molecule has 1 saturated heterocycles. The second-order valence-electron chi connectivity index (χ2n) is 6.76. The normalized spacial score (nSPS) is 18.2. The molecule has 1 aliphatic heterocycles. The number of anilines is 1. The first-order chi connectivity index (χ1) is 15.0. The Kier molecular flexibility index (Phi) is 5.73. The molecule has 0 spiro atoms. The van der Waals surface area contributed by atoms with Gasteiger partial charge in [0.2, 0.25) is 15.3 Å². The molecule has 3 heterocycles. The highest BCUT2D eigenvalue weighted by molar-refractivity contribution is 7.89. The molecule has 1 aromatic carbocycles. The summed E-state index contributed by atoms with van der Waals surface area (Å²) in [5.41, 5.74) is -0.674. The smallest absolute Gasteiger partial charge is 0.416 e. The Morgan fingerprint density at radius 3 is 2.50 bits per heavy atom. The molecule has 170 valence electrons. The number of sulfonamides is 1. The lowest BCUT2D eigenvalue weighted by Gasteiger charge is -2.38. The van der Waals surface area contributed by atoms with Crippen molar-refractivity contribution in [3.05, 3.63) is 41.3 Å². The summed E-state index contributed by atoms with van der Waals surface area (Å²) in [5.74, 6) is -1.39. The van der Waals surface area contributed by atoms with Crippen molar-refractivity contribution >= 4 is 54.4 Å². The molecule has 0 saturated carbocycles. The van der Waals surface area contributed by atoms with Crippen molar-refractivity contribution in [1.82, 2.24) is 19.3 Å². The highest BCUT2D eigenvalue weighted by Crippen LogP contribution is 2.33. The van der Waals surface area contributed by atoms with E-state index in [0.29, 0.717) is 27.6 Å². The lowest BCUT2D eigenvalue weighted by atomic mass is 10.2. The molecule has 1 fully saturated rings. The van der Waals surface area contributed by atoms with Crippen LogP contribution in [0, 0.1) is 0 Å². The molecule has 9 nitrogen and oxygen atoms in total. The van der Waals surface area contributed by atoms with Gasteiger partial charge in [-0.05, 0) is 35.9 Å². The van der Waals surface area contributed by atoms with Crippen LogP contribution in [0.2, 0.25) is 5.28 Å². The predicted molar refractivity (Wildman–Crippen MR) is 109 cm³/mol. The largest absolute Gasteiger partial charge is 0.480 e. The standard InChI is InChI=1S/C17H13ClF3N5O4S2/c18-15-22-7-12-13(23-15)24-16(31-12)25-5-6-26(11(8-25)14(27)28)32(29,30)10-3-1-9(2-4-10)17(19,20)21/h1-4,7,11H,5-6,8H2,(H,27,28)/t11-/m1/s1. The van der Waals surface area contributed by atoms with Gasteiger partial charge in [-0.2, -0.15) is 27.4 Å². The van der Waals surface area contributed by atoms with Gasteiger partial charge < -0.3 is 10.0 Å².